The maximum absolute atomic E-state index is 14.0. The third kappa shape index (κ3) is 3.86. The third-order valence-corrected chi connectivity index (χ3v) is 5.81. The lowest BCUT2D eigenvalue weighted by Crippen LogP contribution is -2.46. The van der Waals surface area contributed by atoms with Gasteiger partial charge in [-0.25, -0.2) is 12.8 Å². The molecule has 0 aromatic heterocycles. The van der Waals surface area contributed by atoms with Gasteiger partial charge in [-0.05, 0) is 24.3 Å². The first kappa shape index (κ1) is 19.9. The molecule has 0 aliphatic carbocycles. The van der Waals surface area contributed by atoms with Gasteiger partial charge in [-0.15, -0.1) is 0 Å². The van der Waals surface area contributed by atoms with Crippen LogP contribution in [0.15, 0.2) is 41.3 Å². The van der Waals surface area contributed by atoms with Crippen LogP contribution in [-0.4, -0.2) is 52.9 Å². The molecule has 0 bridgehead atoms. The zero-order valence-electron chi connectivity index (χ0n) is 15.5. The Balaban J connectivity index is 1.84. The molecule has 1 aliphatic heterocycles. The Bertz CT molecular complexity index is 1000. The highest BCUT2D eigenvalue weighted by Gasteiger charge is 2.30. The first-order valence-corrected chi connectivity index (χ1v) is 10.4. The molecule has 10 heteroatoms. The van der Waals surface area contributed by atoms with Gasteiger partial charge in [0.2, 0.25) is 0 Å². The van der Waals surface area contributed by atoms with Crippen LogP contribution in [0.2, 0.25) is 0 Å². The minimum absolute atomic E-state index is 0.163. The summed E-state index contributed by atoms with van der Waals surface area (Å²) in [5.74, 6) is -0.297. The Labute approximate surface area is 162 Å². The van der Waals surface area contributed by atoms with Crippen molar-refractivity contribution in [3.63, 3.8) is 0 Å². The van der Waals surface area contributed by atoms with Crippen LogP contribution in [0.5, 0.6) is 5.75 Å². The molecule has 0 amide bonds. The number of piperazine rings is 1. The van der Waals surface area contributed by atoms with Gasteiger partial charge in [0.15, 0.2) is 21.4 Å². The molecule has 0 saturated carbocycles. The number of hydrogen-bond donors (Lipinski definition) is 0. The summed E-state index contributed by atoms with van der Waals surface area (Å²) in [5, 5.41) is 11.6. The van der Waals surface area contributed by atoms with Crippen molar-refractivity contribution < 1.29 is 22.5 Å². The van der Waals surface area contributed by atoms with E-state index in [1.165, 1.54) is 25.3 Å². The number of hydrogen-bond acceptors (Lipinski definition) is 7. The van der Waals surface area contributed by atoms with Gasteiger partial charge in [-0.3, -0.25) is 10.1 Å². The van der Waals surface area contributed by atoms with E-state index in [4.69, 9.17) is 4.74 Å². The lowest BCUT2D eigenvalue weighted by atomic mass is 10.2. The Morgan fingerprint density at radius 2 is 1.75 bits per heavy atom. The van der Waals surface area contributed by atoms with Gasteiger partial charge in [0.1, 0.15) is 10.6 Å². The highest BCUT2D eigenvalue weighted by molar-refractivity contribution is 7.90. The molecule has 1 heterocycles. The van der Waals surface area contributed by atoms with Crippen LogP contribution in [-0.2, 0) is 9.84 Å². The SMILES string of the molecule is COc1ccc(N2CCN(c3cccc(S(C)(=O)=O)c3[N+](=O)[O-])CC2)cc1F. The largest absolute Gasteiger partial charge is 0.494 e. The number of halogens is 1. The van der Waals surface area contributed by atoms with Crippen molar-refractivity contribution in [1.82, 2.24) is 0 Å². The van der Waals surface area contributed by atoms with Gasteiger partial charge in [0.25, 0.3) is 0 Å². The van der Waals surface area contributed by atoms with Gasteiger partial charge in [-0.2, -0.15) is 0 Å². The van der Waals surface area contributed by atoms with E-state index in [0.29, 0.717) is 31.9 Å². The first-order valence-electron chi connectivity index (χ1n) is 8.53. The predicted octanol–water partition coefficient (Wildman–Crippen LogP) is 2.47. The molecular formula is C18H20FN3O5S. The number of nitro groups is 1. The fraction of sp³-hybridized carbons (Fsp3) is 0.333. The van der Waals surface area contributed by atoms with Crippen molar-refractivity contribution in [2.45, 2.75) is 4.90 Å². The molecule has 1 fully saturated rings. The fourth-order valence-corrected chi connectivity index (χ4v) is 4.16. The van der Waals surface area contributed by atoms with Crippen molar-refractivity contribution >= 4 is 26.9 Å². The van der Waals surface area contributed by atoms with E-state index in [-0.39, 0.29) is 16.3 Å². The normalized spacial score (nSPS) is 14.8. The van der Waals surface area contributed by atoms with Gasteiger partial charge >= 0.3 is 5.69 Å². The molecule has 150 valence electrons. The van der Waals surface area contributed by atoms with Crippen LogP contribution in [0.1, 0.15) is 0 Å². The van der Waals surface area contributed by atoms with Crippen LogP contribution >= 0.6 is 0 Å². The number of nitrogens with zero attached hydrogens (tertiary/aromatic N) is 3. The lowest BCUT2D eigenvalue weighted by molar-refractivity contribution is -0.387. The van der Waals surface area contributed by atoms with E-state index in [0.717, 1.165) is 6.26 Å². The first-order chi connectivity index (χ1) is 13.2. The molecule has 2 aromatic rings. The van der Waals surface area contributed by atoms with E-state index in [1.807, 2.05) is 4.90 Å². The second-order valence-corrected chi connectivity index (χ2v) is 8.43. The molecule has 2 aromatic carbocycles. The maximum Gasteiger partial charge on any atom is 0.311 e. The maximum atomic E-state index is 14.0. The Morgan fingerprint density at radius 3 is 2.29 bits per heavy atom. The minimum Gasteiger partial charge on any atom is -0.494 e. The number of benzene rings is 2. The summed E-state index contributed by atoms with van der Waals surface area (Å²) in [6, 6.07) is 9.00. The van der Waals surface area contributed by atoms with Gasteiger partial charge in [0.05, 0.1) is 12.0 Å². The average molecular weight is 409 g/mol. The summed E-state index contributed by atoms with van der Waals surface area (Å²) >= 11 is 0. The minimum atomic E-state index is -3.74. The lowest BCUT2D eigenvalue weighted by Gasteiger charge is -2.37. The third-order valence-electron chi connectivity index (χ3n) is 4.68. The smallest absolute Gasteiger partial charge is 0.311 e. The summed E-state index contributed by atoms with van der Waals surface area (Å²) < 4.78 is 42.7. The van der Waals surface area contributed by atoms with E-state index in [1.54, 1.807) is 23.1 Å². The zero-order valence-corrected chi connectivity index (χ0v) is 16.3. The second-order valence-electron chi connectivity index (χ2n) is 6.45. The number of rotatable bonds is 5. The monoisotopic (exact) mass is 409 g/mol. The Hall–Kier alpha value is -2.88. The van der Waals surface area contributed by atoms with Crippen molar-refractivity contribution in [2.24, 2.45) is 0 Å². The highest BCUT2D eigenvalue weighted by atomic mass is 32.2. The van der Waals surface area contributed by atoms with Crippen LogP contribution in [0.4, 0.5) is 21.5 Å². The topological polar surface area (TPSA) is 93.0 Å². The summed E-state index contributed by atoms with van der Waals surface area (Å²) in [5.41, 5.74) is 0.555. The quantitative estimate of drug-likeness (QED) is 0.553. The van der Waals surface area contributed by atoms with Crippen LogP contribution in [0.25, 0.3) is 0 Å². The summed E-state index contributed by atoms with van der Waals surface area (Å²) in [7, 11) is -2.34. The molecule has 1 saturated heterocycles. The van der Waals surface area contributed by atoms with Crippen molar-refractivity contribution in [3.8, 4) is 5.75 Å². The second kappa shape index (κ2) is 7.63. The number of nitro benzene ring substituents is 1. The van der Waals surface area contributed by atoms with Crippen molar-refractivity contribution in [3.05, 3.63) is 52.3 Å². The molecular weight excluding hydrogens is 389 g/mol. The molecule has 0 unspecified atom stereocenters. The summed E-state index contributed by atoms with van der Waals surface area (Å²) in [6.07, 6.45) is 0.954. The number of anilines is 2. The molecule has 0 N–H and O–H groups in total. The molecule has 3 rings (SSSR count). The van der Waals surface area contributed by atoms with Crippen molar-refractivity contribution in [1.29, 1.82) is 0 Å². The van der Waals surface area contributed by atoms with Crippen LogP contribution in [0, 0.1) is 15.9 Å². The zero-order chi connectivity index (χ0) is 20.5. The highest BCUT2D eigenvalue weighted by Crippen LogP contribution is 2.35. The fourth-order valence-electron chi connectivity index (χ4n) is 3.31. The van der Waals surface area contributed by atoms with Gasteiger partial charge < -0.3 is 14.5 Å². The standard InChI is InChI=1S/C18H20FN3O5S/c1-27-16-7-6-13(12-14(16)19)20-8-10-21(11-9-20)15-4-3-5-17(28(2,25)26)18(15)22(23)24/h3-7,12H,8-11H2,1-2H3. The molecule has 0 spiro atoms. The van der Waals surface area contributed by atoms with E-state index in [9.17, 15) is 22.9 Å². The number of ether oxygens (including phenoxy) is 1. The molecule has 0 radical (unpaired) electrons. The molecule has 0 atom stereocenters. The number of para-hydroxylation sites is 1. The molecule has 1 aliphatic rings. The van der Waals surface area contributed by atoms with Gasteiger partial charge in [-0.1, -0.05) is 6.07 Å². The van der Waals surface area contributed by atoms with Crippen LogP contribution in [0.3, 0.4) is 0 Å². The van der Waals surface area contributed by atoms with Gasteiger partial charge in [0, 0.05) is 44.2 Å². The number of sulfone groups is 1. The average Bonchev–Trinajstić information content (AvgIpc) is 2.66. The van der Waals surface area contributed by atoms with Crippen LogP contribution < -0.4 is 14.5 Å². The van der Waals surface area contributed by atoms with Crippen molar-refractivity contribution in [2.75, 3.05) is 49.3 Å². The molecule has 8 nitrogen and oxygen atoms in total. The Morgan fingerprint density at radius 1 is 1.11 bits per heavy atom. The summed E-state index contributed by atoms with van der Waals surface area (Å²) in [4.78, 5) is 14.4. The van der Waals surface area contributed by atoms with E-state index < -0.39 is 26.3 Å². The van der Waals surface area contributed by atoms with E-state index >= 15 is 0 Å². The predicted molar refractivity (Wildman–Crippen MR) is 104 cm³/mol. The Kier molecular flexibility index (Phi) is 5.41. The summed E-state index contributed by atoms with van der Waals surface area (Å²) in [6.45, 7) is 1.88. The molecule has 28 heavy (non-hydrogen) atoms. The van der Waals surface area contributed by atoms with E-state index in [2.05, 4.69) is 0 Å². The number of methoxy groups -OCH3 is 1.